The number of rotatable bonds is 3. The van der Waals surface area contributed by atoms with Gasteiger partial charge in [-0.1, -0.05) is 20.8 Å². The first-order chi connectivity index (χ1) is 13.2. The summed E-state index contributed by atoms with van der Waals surface area (Å²) in [5.74, 6) is 5.22. The Labute approximate surface area is 170 Å². The summed E-state index contributed by atoms with van der Waals surface area (Å²) >= 11 is 0. The lowest BCUT2D eigenvalue weighted by atomic mass is 9.41. The van der Waals surface area contributed by atoms with Crippen molar-refractivity contribution in [1.82, 2.24) is 0 Å². The fourth-order valence-electron chi connectivity index (χ4n) is 10.6. The van der Waals surface area contributed by atoms with Crippen LogP contribution < -0.4 is 0 Å². The predicted molar refractivity (Wildman–Crippen MR) is 108 cm³/mol. The van der Waals surface area contributed by atoms with Gasteiger partial charge in [0.1, 0.15) is 0 Å². The van der Waals surface area contributed by atoms with Crippen molar-refractivity contribution in [2.75, 3.05) is 6.61 Å². The minimum Gasteiger partial charge on any atom is -0.396 e. The van der Waals surface area contributed by atoms with Gasteiger partial charge in [0.25, 0.3) is 0 Å². The first-order valence-corrected chi connectivity index (χ1v) is 12.2. The van der Waals surface area contributed by atoms with E-state index in [-0.39, 0.29) is 11.5 Å². The Morgan fingerprint density at radius 2 is 1.61 bits per heavy atom. The summed E-state index contributed by atoms with van der Waals surface area (Å²) in [6.07, 6.45) is 9.55. The average molecular weight is 389 g/mol. The largest absolute Gasteiger partial charge is 0.396 e. The molecule has 0 radical (unpaired) electrons. The average Bonchev–Trinajstić information content (AvgIpc) is 3.54. The van der Waals surface area contributed by atoms with Crippen LogP contribution >= 0.6 is 0 Å². The van der Waals surface area contributed by atoms with E-state index in [0.29, 0.717) is 41.6 Å². The van der Waals surface area contributed by atoms with Gasteiger partial charge < -0.3 is 15.3 Å². The van der Waals surface area contributed by atoms with Gasteiger partial charge in [-0.15, -0.1) is 0 Å². The third-order valence-electron chi connectivity index (χ3n) is 12.2. The van der Waals surface area contributed by atoms with Crippen LogP contribution in [0.15, 0.2) is 0 Å². The first kappa shape index (κ1) is 18.6. The van der Waals surface area contributed by atoms with E-state index in [1.54, 1.807) is 0 Å². The van der Waals surface area contributed by atoms with E-state index < -0.39 is 5.60 Å². The minimum atomic E-state index is -0.619. The first-order valence-electron chi connectivity index (χ1n) is 12.2. The monoisotopic (exact) mass is 388 g/mol. The lowest BCUT2D eigenvalue weighted by Gasteiger charge is -2.65. The summed E-state index contributed by atoms with van der Waals surface area (Å²) in [5.41, 5.74) is 0.207. The van der Waals surface area contributed by atoms with E-state index in [4.69, 9.17) is 0 Å². The maximum absolute atomic E-state index is 11.9. The highest BCUT2D eigenvalue weighted by Crippen LogP contribution is 2.84. The van der Waals surface area contributed by atoms with E-state index in [2.05, 4.69) is 20.8 Å². The Kier molecular flexibility index (Phi) is 3.58. The fourth-order valence-corrected chi connectivity index (χ4v) is 10.6. The number of aliphatic hydroxyl groups excluding tert-OH is 2. The molecule has 3 heteroatoms. The Morgan fingerprint density at radius 1 is 0.893 bits per heavy atom. The SMILES string of the molecule is C[C@]12CCC3C(C1C1C[C@@H]1[C@@]2(C)CCCO)[C@H]1C[C@H]1[C@]1(O)C[C@@H](O)CC[C@]31C. The Balaban J connectivity index is 1.38. The highest BCUT2D eigenvalue weighted by Gasteiger charge is 2.80. The van der Waals surface area contributed by atoms with Crippen molar-refractivity contribution >= 4 is 0 Å². The van der Waals surface area contributed by atoms with Crippen LogP contribution in [0, 0.1) is 57.7 Å². The molecule has 6 aliphatic carbocycles. The van der Waals surface area contributed by atoms with Gasteiger partial charge in [0.05, 0.1) is 11.7 Å². The second-order valence-electron chi connectivity index (χ2n) is 12.7. The molecule has 3 nitrogen and oxygen atoms in total. The summed E-state index contributed by atoms with van der Waals surface area (Å²) in [7, 11) is 0. The molecule has 6 fully saturated rings. The van der Waals surface area contributed by atoms with Crippen molar-refractivity contribution < 1.29 is 15.3 Å². The summed E-state index contributed by atoms with van der Waals surface area (Å²) in [5, 5.41) is 31.8. The quantitative estimate of drug-likeness (QED) is 0.685. The van der Waals surface area contributed by atoms with Crippen molar-refractivity contribution in [3.05, 3.63) is 0 Å². The number of hydrogen-bond acceptors (Lipinski definition) is 3. The van der Waals surface area contributed by atoms with Gasteiger partial charge in [0, 0.05) is 13.0 Å². The van der Waals surface area contributed by atoms with Gasteiger partial charge in [-0.2, -0.15) is 0 Å². The third-order valence-corrected chi connectivity index (χ3v) is 12.2. The molecule has 3 N–H and O–H groups in total. The Bertz CT molecular complexity index is 693. The maximum atomic E-state index is 11.9. The number of hydrogen-bond donors (Lipinski definition) is 3. The Hall–Kier alpha value is -0.120. The van der Waals surface area contributed by atoms with Crippen molar-refractivity contribution in [1.29, 1.82) is 0 Å². The molecule has 28 heavy (non-hydrogen) atoms. The molecule has 0 bridgehead atoms. The molecule has 0 saturated heterocycles. The van der Waals surface area contributed by atoms with E-state index in [1.807, 2.05) is 0 Å². The highest BCUT2D eigenvalue weighted by molar-refractivity contribution is 5.28. The molecule has 0 aromatic rings. The molecule has 6 rings (SSSR count). The molecule has 4 unspecified atom stereocenters. The number of aliphatic hydroxyl groups is 3. The van der Waals surface area contributed by atoms with Gasteiger partial charge in [-0.25, -0.2) is 0 Å². The van der Waals surface area contributed by atoms with Crippen LogP contribution in [0.5, 0.6) is 0 Å². The topological polar surface area (TPSA) is 60.7 Å². The Morgan fingerprint density at radius 3 is 2.36 bits per heavy atom. The van der Waals surface area contributed by atoms with Crippen molar-refractivity contribution in [2.24, 2.45) is 57.7 Å². The van der Waals surface area contributed by atoms with E-state index in [0.717, 1.165) is 42.9 Å². The van der Waals surface area contributed by atoms with E-state index in [1.165, 1.54) is 32.1 Å². The van der Waals surface area contributed by atoms with Gasteiger partial charge in [-0.3, -0.25) is 0 Å². The van der Waals surface area contributed by atoms with Crippen LogP contribution in [-0.4, -0.2) is 33.6 Å². The zero-order chi connectivity index (χ0) is 19.7. The predicted octanol–water partition coefficient (Wildman–Crippen LogP) is 4.00. The molecule has 0 aromatic carbocycles. The molecule has 158 valence electrons. The molecule has 0 spiro atoms. The third kappa shape index (κ3) is 1.90. The van der Waals surface area contributed by atoms with Crippen molar-refractivity contribution in [2.45, 2.75) is 90.3 Å². The van der Waals surface area contributed by atoms with E-state index >= 15 is 0 Å². The smallest absolute Gasteiger partial charge is 0.0759 e. The molecule has 6 saturated carbocycles. The lowest BCUT2D eigenvalue weighted by Crippen LogP contribution is -2.65. The molecule has 0 aliphatic heterocycles. The normalized spacial score (nSPS) is 66.2. The summed E-state index contributed by atoms with van der Waals surface area (Å²) in [6.45, 7) is 7.91. The minimum absolute atomic E-state index is 0.00434. The van der Waals surface area contributed by atoms with Gasteiger partial charge in [0.15, 0.2) is 0 Å². The van der Waals surface area contributed by atoms with Gasteiger partial charge in [0.2, 0.25) is 0 Å². The van der Waals surface area contributed by atoms with Crippen LogP contribution in [0.1, 0.15) is 78.6 Å². The second-order valence-corrected chi connectivity index (χ2v) is 12.7. The zero-order valence-corrected chi connectivity index (χ0v) is 18.0. The molecular weight excluding hydrogens is 348 g/mol. The molecule has 0 aromatic heterocycles. The van der Waals surface area contributed by atoms with Crippen LogP contribution in [0.3, 0.4) is 0 Å². The summed E-state index contributed by atoms with van der Waals surface area (Å²) < 4.78 is 0. The molecular formula is C25H40O3. The van der Waals surface area contributed by atoms with Gasteiger partial charge in [-0.05, 0) is 109 Å². The maximum Gasteiger partial charge on any atom is 0.0759 e. The molecule has 12 atom stereocenters. The van der Waals surface area contributed by atoms with Crippen molar-refractivity contribution in [3.8, 4) is 0 Å². The van der Waals surface area contributed by atoms with Crippen LogP contribution in [0.4, 0.5) is 0 Å². The second kappa shape index (κ2) is 5.37. The van der Waals surface area contributed by atoms with Crippen LogP contribution in [-0.2, 0) is 0 Å². The fraction of sp³-hybridized carbons (Fsp3) is 1.00. The van der Waals surface area contributed by atoms with Gasteiger partial charge >= 0.3 is 0 Å². The molecule has 0 amide bonds. The van der Waals surface area contributed by atoms with Crippen LogP contribution in [0.2, 0.25) is 0 Å². The van der Waals surface area contributed by atoms with Crippen molar-refractivity contribution in [3.63, 3.8) is 0 Å². The van der Waals surface area contributed by atoms with E-state index in [9.17, 15) is 15.3 Å². The highest BCUT2D eigenvalue weighted by atomic mass is 16.3. The molecule has 0 heterocycles. The summed E-state index contributed by atoms with van der Waals surface area (Å²) in [4.78, 5) is 0. The lowest BCUT2D eigenvalue weighted by molar-refractivity contribution is -0.231. The zero-order valence-electron chi connectivity index (χ0n) is 18.0. The standard InChI is InChI=1S/C25H40O3/c1-22(7-4-10-26)18-12-16(18)21-20-15-11-19(15)25(28)13-14(27)5-8-23(25,2)17(20)6-9-24(21,22)3/h14-21,26-28H,4-13H2,1-3H3/t14-,15-,16?,17?,18-,19+,20?,21?,22+,23+,24-,25+/m0/s1. The summed E-state index contributed by atoms with van der Waals surface area (Å²) in [6, 6.07) is 0. The molecule has 6 aliphatic rings. The number of fused-ring (bicyclic) bond motifs is 10. The van der Waals surface area contributed by atoms with Crippen LogP contribution in [0.25, 0.3) is 0 Å².